The Hall–Kier alpha value is -3.30. The highest BCUT2D eigenvalue weighted by Crippen LogP contribution is 2.05. The van der Waals surface area contributed by atoms with Gasteiger partial charge in [0.2, 0.25) is 23.6 Å². The lowest BCUT2D eigenvalue weighted by molar-refractivity contribution is -0.142. The SMILES string of the molecule is NCCCCC(NC(=O)C(CC(N)=O)NC(=O)C(CCC(=O)O)NC(=O)C(N)CO)C(=O)O. The maximum Gasteiger partial charge on any atom is 0.326 e. The lowest BCUT2D eigenvalue weighted by atomic mass is 10.1. The van der Waals surface area contributed by atoms with Crippen molar-refractivity contribution in [2.75, 3.05) is 13.2 Å². The number of carbonyl (C=O) groups excluding carboxylic acids is 4. The number of aliphatic carboxylic acids is 2. The molecule has 0 aromatic rings. The largest absolute Gasteiger partial charge is 0.481 e. The monoisotopic (exact) mass is 476 g/mol. The second kappa shape index (κ2) is 15.5. The van der Waals surface area contributed by atoms with Crippen LogP contribution in [0.4, 0.5) is 0 Å². The highest BCUT2D eigenvalue weighted by atomic mass is 16.4. The van der Waals surface area contributed by atoms with E-state index in [2.05, 4.69) is 16.0 Å². The van der Waals surface area contributed by atoms with Gasteiger partial charge in [-0.25, -0.2) is 4.79 Å². The molecule has 0 heterocycles. The zero-order chi connectivity index (χ0) is 25.6. The number of aliphatic hydroxyl groups excluding tert-OH is 1. The molecule has 0 radical (unpaired) electrons. The van der Waals surface area contributed by atoms with Gasteiger partial charge in [-0.3, -0.25) is 24.0 Å². The number of carboxylic acids is 2. The van der Waals surface area contributed by atoms with E-state index in [0.717, 1.165) is 0 Å². The van der Waals surface area contributed by atoms with Crippen molar-refractivity contribution in [3.8, 4) is 0 Å². The first-order valence-corrected chi connectivity index (χ1v) is 10.1. The van der Waals surface area contributed by atoms with E-state index < -0.39 is 85.6 Å². The Morgan fingerprint density at radius 2 is 1.33 bits per heavy atom. The van der Waals surface area contributed by atoms with Crippen LogP contribution >= 0.6 is 0 Å². The molecule has 0 aromatic carbocycles. The molecule has 0 aliphatic carbocycles. The number of amides is 4. The van der Waals surface area contributed by atoms with Crippen LogP contribution in [0.5, 0.6) is 0 Å². The van der Waals surface area contributed by atoms with Crippen LogP contribution in [-0.2, 0) is 28.8 Å². The second-order valence-electron chi connectivity index (χ2n) is 7.20. The highest BCUT2D eigenvalue weighted by molar-refractivity contribution is 5.96. The van der Waals surface area contributed by atoms with Crippen LogP contribution in [0.1, 0.15) is 38.5 Å². The summed E-state index contributed by atoms with van der Waals surface area (Å²) in [5, 5.41) is 33.7. The second-order valence-corrected chi connectivity index (χ2v) is 7.20. The van der Waals surface area contributed by atoms with Crippen LogP contribution in [0, 0.1) is 0 Å². The van der Waals surface area contributed by atoms with Gasteiger partial charge in [-0.05, 0) is 32.2 Å². The topological polar surface area (TPSA) is 277 Å². The molecule has 4 atom stereocenters. The number of carbonyl (C=O) groups is 6. The van der Waals surface area contributed by atoms with Gasteiger partial charge >= 0.3 is 11.9 Å². The van der Waals surface area contributed by atoms with Gasteiger partial charge in [0.15, 0.2) is 0 Å². The Kier molecular flexibility index (Phi) is 13.9. The standard InChI is InChI=1S/C18H32N6O9/c19-6-2-1-3-11(18(32)33)23-17(31)12(7-13(21)26)24-16(30)10(4-5-14(27)28)22-15(29)9(20)8-25/h9-12,25H,1-8,19-20H2,(H2,21,26)(H,22,29)(H,23,31)(H,24,30)(H,27,28)(H,32,33). The summed E-state index contributed by atoms with van der Waals surface area (Å²) in [6.45, 7) is -0.420. The van der Waals surface area contributed by atoms with Crippen molar-refractivity contribution < 1.29 is 44.1 Å². The van der Waals surface area contributed by atoms with Crippen molar-refractivity contribution in [1.82, 2.24) is 16.0 Å². The zero-order valence-corrected chi connectivity index (χ0v) is 18.0. The van der Waals surface area contributed by atoms with E-state index in [1.54, 1.807) is 0 Å². The van der Waals surface area contributed by atoms with Crippen molar-refractivity contribution in [3.05, 3.63) is 0 Å². The third-order valence-electron chi connectivity index (χ3n) is 4.41. The van der Waals surface area contributed by atoms with Gasteiger partial charge in [0.05, 0.1) is 13.0 Å². The number of nitrogens with two attached hydrogens (primary N) is 3. The van der Waals surface area contributed by atoms with Crippen molar-refractivity contribution in [1.29, 1.82) is 0 Å². The molecule has 15 nitrogen and oxygen atoms in total. The molecule has 4 unspecified atom stereocenters. The Labute approximate surface area is 189 Å². The molecule has 0 saturated heterocycles. The number of unbranched alkanes of at least 4 members (excludes halogenated alkanes) is 1. The van der Waals surface area contributed by atoms with Crippen LogP contribution in [0.15, 0.2) is 0 Å². The van der Waals surface area contributed by atoms with Gasteiger partial charge in [-0.15, -0.1) is 0 Å². The molecule has 0 aliphatic rings. The molecule has 0 bridgehead atoms. The third-order valence-corrected chi connectivity index (χ3v) is 4.41. The average molecular weight is 476 g/mol. The lowest BCUT2D eigenvalue weighted by Gasteiger charge is -2.24. The number of carboxylic acid groups (broad SMARTS) is 2. The average Bonchev–Trinajstić information content (AvgIpc) is 2.73. The first-order chi connectivity index (χ1) is 15.4. The van der Waals surface area contributed by atoms with Gasteiger partial charge in [0.1, 0.15) is 24.2 Å². The quantitative estimate of drug-likeness (QED) is 0.0905. The summed E-state index contributed by atoms with van der Waals surface area (Å²) in [5.74, 6) is -6.61. The van der Waals surface area contributed by atoms with Crippen LogP contribution in [-0.4, -0.2) is 88.2 Å². The summed E-state index contributed by atoms with van der Waals surface area (Å²) in [7, 11) is 0. The number of aliphatic hydroxyl groups is 1. The first-order valence-electron chi connectivity index (χ1n) is 10.1. The summed E-state index contributed by atoms with van der Waals surface area (Å²) in [5.41, 5.74) is 15.8. The van der Waals surface area contributed by atoms with E-state index in [9.17, 15) is 33.9 Å². The van der Waals surface area contributed by atoms with Gasteiger partial charge < -0.3 is 48.5 Å². The molecule has 12 N–H and O–H groups in total. The Morgan fingerprint density at radius 1 is 0.788 bits per heavy atom. The summed E-state index contributed by atoms with van der Waals surface area (Å²) in [6.07, 6.45) is -0.667. The minimum Gasteiger partial charge on any atom is -0.481 e. The minimum atomic E-state index is -1.60. The highest BCUT2D eigenvalue weighted by Gasteiger charge is 2.31. The molecular weight excluding hydrogens is 444 g/mol. The molecule has 0 saturated carbocycles. The normalized spacial score (nSPS) is 14.3. The summed E-state index contributed by atoms with van der Waals surface area (Å²) in [6, 6.07) is -5.78. The molecule has 0 aromatic heterocycles. The van der Waals surface area contributed by atoms with Crippen LogP contribution in [0.25, 0.3) is 0 Å². The number of hydrogen-bond donors (Lipinski definition) is 9. The van der Waals surface area contributed by atoms with Crippen LogP contribution in [0.3, 0.4) is 0 Å². The smallest absolute Gasteiger partial charge is 0.326 e. The van der Waals surface area contributed by atoms with Gasteiger partial charge in [-0.1, -0.05) is 0 Å². The Bertz CT molecular complexity index is 718. The van der Waals surface area contributed by atoms with Crippen molar-refractivity contribution in [2.24, 2.45) is 17.2 Å². The third kappa shape index (κ3) is 12.4. The Morgan fingerprint density at radius 3 is 1.82 bits per heavy atom. The zero-order valence-electron chi connectivity index (χ0n) is 18.0. The van der Waals surface area contributed by atoms with Crippen molar-refractivity contribution >= 4 is 35.6 Å². The van der Waals surface area contributed by atoms with Crippen molar-refractivity contribution in [3.63, 3.8) is 0 Å². The number of primary amides is 1. The maximum atomic E-state index is 12.6. The predicted molar refractivity (Wildman–Crippen MR) is 112 cm³/mol. The van der Waals surface area contributed by atoms with E-state index in [1.807, 2.05) is 0 Å². The van der Waals surface area contributed by atoms with E-state index in [0.29, 0.717) is 19.4 Å². The van der Waals surface area contributed by atoms with Crippen LogP contribution < -0.4 is 33.2 Å². The maximum absolute atomic E-state index is 12.6. The molecule has 4 amide bonds. The molecule has 33 heavy (non-hydrogen) atoms. The number of hydrogen-bond acceptors (Lipinski definition) is 9. The van der Waals surface area contributed by atoms with E-state index >= 15 is 0 Å². The molecule has 0 aliphatic heterocycles. The van der Waals surface area contributed by atoms with E-state index in [-0.39, 0.29) is 6.42 Å². The molecule has 188 valence electrons. The molecule has 0 rings (SSSR count). The number of nitrogens with one attached hydrogen (secondary N) is 3. The van der Waals surface area contributed by atoms with E-state index in [4.69, 9.17) is 27.4 Å². The molecule has 0 spiro atoms. The summed E-state index contributed by atoms with van der Waals surface area (Å²) < 4.78 is 0. The van der Waals surface area contributed by atoms with Crippen LogP contribution in [0.2, 0.25) is 0 Å². The molecular formula is C18H32N6O9. The minimum absolute atomic E-state index is 0.0475. The Balaban J connectivity index is 5.47. The van der Waals surface area contributed by atoms with Gasteiger partial charge in [0.25, 0.3) is 0 Å². The summed E-state index contributed by atoms with van der Waals surface area (Å²) >= 11 is 0. The number of rotatable bonds is 17. The summed E-state index contributed by atoms with van der Waals surface area (Å²) in [4.78, 5) is 70.8. The lowest BCUT2D eigenvalue weighted by Crippen LogP contribution is -2.58. The molecule has 15 heteroatoms. The fraction of sp³-hybridized carbons (Fsp3) is 0.667. The van der Waals surface area contributed by atoms with E-state index in [1.165, 1.54) is 0 Å². The van der Waals surface area contributed by atoms with Crippen molar-refractivity contribution in [2.45, 2.75) is 62.7 Å². The predicted octanol–water partition coefficient (Wildman–Crippen LogP) is -4.29. The fourth-order valence-corrected chi connectivity index (χ4v) is 2.60. The molecule has 0 fully saturated rings. The van der Waals surface area contributed by atoms with Gasteiger partial charge in [-0.2, -0.15) is 0 Å². The van der Waals surface area contributed by atoms with Gasteiger partial charge in [0, 0.05) is 6.42 Å². The fourth-order valence-electron chi connectivity index (χ4n) is 2.60. The first kappa shape index (κ1) is 29.7.